The monoisotopic (exact) mass is 506 g/mol. The summed E-state index contributed by atoms with van der Waals surface area (Å²) in [5, 5.41) is 6.48. The molecule has 1 heterocycles. The molecule has 3 rings (SSSR count). The smallest absolute Gasteiger partial charge is 0.416 e. The molecule has 0 radical (unpaired) electrons. The summed E-state index contributed by atoms with van der Waals surface area (Å²) in [6, 6.07) is 11.2. The van der Waals surface area contributed by atoms with Crippen LogP contribution in [0.15, 0.2) is 42.5 Å². The molecule has 2 aromatic rings. The number of rotatable bonds is 9. The maximum Gasteiger partial charge on any atom is 0.416 e. The second kappa shape index (κ2) is 12.0. The summed E-state index contributed by atoms with van der Waals surface area (Å²) < 4.78 is 46.7. The molecule has 0 aromatic heterocycles. The van der Waals surface area contributed by atoms with Crippen molar-refractivity contribution < 1.29 is 22.7 Å². The Bertz CT molecular complexity index is 1020. The summed E-state index contributed by atoms with van der Waals surface area (Å²) in [6.07, 6.45) is -4.49. The molecule has 9 heteroatoms. The van der Waals surface area contributed by atoms with Gasteiger partial charge in [0.15, 0.2) is 0 Å². The summed E-state index contributed by atoms with van der Waals surface area (Å²) in [7, 11) is 0. The summed E-state index contributed by atoms with van der Waals surface area (Å²) >= 11 is 0. The van der Waals surface area contributed by atoms with Crippen LogP contribution in [0.25, 0.3) is 0 Å². The molecule has 198 valence electrons. The van der Waals surface area contributed by atoms with E-state index in [1.54, 1.807) is 6.07 Å². The van der Waals surface area contributed by atoms with E-state index in [2.05, 4.69) is 22.5 Å². The molecule has 0 bridgehead atoms. The van der Waals surface area contributed by atoms with Crippen LogP contribution in [0, 0.1) is 0 Å². The Morgan fingerprint density at radius 2 is 1.86 bits per heavy atom. The number of nitrogens with zero attached hydrogens (tertiary/aromatic N) is 2. The molecule has 2 N–H and O–H groups in total. The number of para-hydroxylation sites is 1. The van der Waals surface area contributed by atoms with Gasteiger partial charge in [0, 0.05) is 43.8 Å². The highest BCUT2D eigenvalue weighted by Gasteiger charge is 2.33. The van der Waals surface area contributed by atoms with Gasteiger partial charge >= 0.3 is 6.18 Å². The van der Waals surface area contributed by atoms with Crippen molar-refractivity contribution in [1.29, 1.82) is 0 Å². The number of hydrogen-bond donors (Lipinski definition) is 2. The zero-order valence-corrected chi connectivity index (χ0v) is 21.5. The molecule has 0 saturated carbocycles. The third-order valence-corrected chi connectivity index (χ3v) is 6.10. The first-order valence-electron chi connectivity index (χ1n) is 12.4. The first-order valence-corrected chi connectivity index (χ1v) is 12.4. The van der Waals surface area contributed by atoms with E-state index < -0.39 is 11.7 Å². The fraction of sp³-hybridized carbons (Fsp3) is 0.519. The zero-order valence-electron chi connectivity index (χ0n) is 21.5. The number of likely N-dealkylation sites (N-methyl/N-ethyl adjacent to an activating group) is 1. The summed E-state index contributed by atoms with van der Waals surface area (Å²) in [5.41, 5.74) is 0.925. The highest BCUT2D eigenvalue weighted by atomic mass is 19.4. The molecule has 1 aliphatic heterocycles. The van der Waals surface area contributed by atoms with Crippen molar-refractivity contribution in [3.05, 3.63) is 59.2 Å². The standard InChI is InChI=1S/C27H37F3N4O2/c1-5-33-15-16-36-25-21(18-33)10-8-12-23(25)31-17-24(35)34(14-13-32-26(2,3)4)19-20-9-6-7-11-22(20)27(28,29)30/h6-12,31-32H,5,13-19H2,1-4H3. The summed E-state index contributed by atoms with van der Waals surface area (Å²) in [4.78, 5) is 17.0. The minimum atomic E-state index is -4.49. The van der Waals surface area contributed by atoms with Gasteiger partial charge in [-0.1, -0.05) is 37.3 Å². The molecular weight excluding hydrogens is 469 g/mol. The maximum absolute atomic E-state index is 13.6. The van der Waals surface area contributed by atoms with Crippen LogP contribution in [0.3, 0.4) is 0 Å². The van der Waals surface area contributed by atoms with Crippen LogP contribution in [0.1, 0.15) is 44.4 Å². The van der Waals surface area contributed by atoms with E-state index in [4.69, 9.17) is 4.74 Å². The third kappa shape index (κ3) is 7.86. The van der Waals surface area contributed by atoms with E-state index in [0.29, 0.717) is 18.8 Å². The lowest BCUT2D eigenvalue weighted by Gasteiger charge is -2.28. The first-order chi connectivity index (χ1) is 17.0. The molecule has 0 atom stereocenters. The Morgan fingerprint density at radius 1 is 1.11 bits per heavy atom. The van der Waals surface area contributed by atoms with Crippen LogP contribution >= 0.6 is 0 Å². The number of fused-ring (bicyclic) bond motifs is 1. The molecule has 36 heavy (non-hydrogen) atoms. The second-order valence-corrected chi connectivity index (χ2v) is 10.0. The largest absolute Gasteiger partial charge is 0.490 e. The van der Waals surface area contributed by atoms with Gasteiger partial charge in [0.2, 0.25) is 5.91 Å². The lowest BCUT2D eigenvalue weighted by atomic mass is 10.1. The summed E-state index contributed by atoms with van der Waals surface area (Å²) in [5.74, 6) is 0.439. The molecule has 1 aliphatic rings. The fourth-order valence-corrected chi connectivity index (χ4v) is 4.17. The molecule has 0 saturated heterocycles. The van der Waals surface area contributed by atoms with Crippen molar-refractivity contribution in [2.75, 3.05) is 44.6 Å². The molecule has 0 spiro atoms. The average Bonchev–Trinajstić information content (AvgIpc) is 3.03. The number of nitrogens with one attached hydrogen (secondary N) is 2. The average molecular weight is 507 g/mol. The van der Waals surface area contributed by atoms with Crippen molar-refractivity contribution >= 4 is 11.6 Å². The molecule has 1 amide bonds. The van der Waals surface area contributed by atoms with Gasteiger partial charge in [0.25, 0.3) is 0 Å². The van der Waals surface area contributed by atoms with Crippen molar-refractivity contribution in [3.63, 3.8) is 0 Å². The van der Waals surface area contributed by atoms with Gasteiger partial charge < -0.3 is 20.3 Å². The second-order valence-electron chi connectivity index (χ2n) is 10.0. The molecule has 0 aliphatic carbocycles. The van der Waals surface area contributed by atoms with Crippen LogP contribution in [-0.2, 0) is 24.1 Å². The van der Waals surface area contributed by atoms with Crippen molar-refractivity contribution in [2.24, 2.45) is 0 Å². The molecular formula is C27H37F3N4O2. The van der Waals surface area contributed by atoms with Crippen molar-refractivity contribution in [2.45, 2.75) is 52.5 Å². The number of halogens is 3. The number of anilines is 1. The molecule has 2 aromatic carbocycles. The SMILES string of the molecule is CCN1CCOc2c(cccc2NCC(=O)N(CCNC(C)(C)C)Cc2ccccc2C(F)(F)F)C1. The van der Waals surface area contributed by atoms with Crippen LogP contribution in [0.5, 0.6) is 5.75 Å². The van der Waals surface area contributed by atoms with Crippen LogP contribution in [-0.4, -0.2) is 60.6 Å². The number of ether oxygens (including phenoxy) is 1. The van der Waals surface area contributed by atoms with Gasteiger partial charge in [-0.2, -0.15) is 13.2 Å². The lowest BCUT2D eigenvalue weighted by molar-refractivity contribution is -0.139. The number of hydrogen-bond acceptors (Lipinski definition) is 5. The number of amides is 1. The molecule has 6 nitrogen and oxygen atoms in total. The van der Waals surface area contributed by atoms with Crippen LogP contribution < -0.4 is 15.4 Å². The Kier molecular flexibility index (Phi) is 9.24. The number of alkyl halides is 3. The predicted molar refractivity (Wildman–Crippen MR) is 136 cm³/mol. The van der Waals surface area contributed by atoms with Gasteiger partial charge in [-0.15, -0.1) is 0 Å². The third-order valence-electron chi connectivity index (χ3n) is 6.10. The van der Waals surface area contributed by atoms with Gasteiger partial charge in [0.1, 0.15) is 12.4 Å². The van der Waals surface area contributed by atoms with E-state index in [0.717, 1.165) is 37.0 Å². The van der Waals surface area contributed by atoms with E-state index in [1.807, 2.05) is 39.0 Å². The quantitative estimate of drug-likeness (QED) is 0.514. The lowest BCUT2D eigenvalue weighted by Crippen LogP contribution is -2.44. The Labute approximate surface area is 211 Å². The zero-order chi connectivity index (χ0) is 26.3. The number of benzene rings is 2. The van der Waals surface area contributed by atoms with E-state index >= 15 is 0 Å². The molecule has 0 unspecified atom stereocenters. The number of carbonyl (C=O) groups excluding carboxylic acids is 1. The van der Waals surface area contributed by atoms with Crippen LogP contribution in [0.4, 0.5) is 18.9 Å². The minimum absolute atomic E-state index is 0.0546. The van der Waals surface area contributed by atoms with E-state index in [-0.39, 0.29) is 36.6 Å². The van der Waals surface area contributed by atoms with Gasteiger partial charge in [0.05, 0.1) is 17.8 Å². The van der Waals surface area contributed by atoms with Crippen molar-refractivity contribution in [1.82, 2.24) is 15.1 Å². The Morgan fingerprint density at radius 3 is 2.56 bits per heavy atom. The van der Waals surface area contributed by atoms with Gasteiger partial charge in [-0.25, -0.2) is 0 Å². The van der Waals surface area contributed by atoms with E-state index in [9.17, 15) is 18.0 Å². The predicted octanol–water partition coefficient (Wildman–Crippen LogP) is 4.75. The normalized spacial score (nSPS) is 14.5. The first kappa shape index (κ1) is 27.8. The fourth-order valence-electron chi connectivity index (χ4n) is 4.17. The summed E-state index contributed by atoms with van der Waals surface area (Å²) in [6.45, 7) is 11.7. The topological polar surface area (TPSA) is 56.8 Å². The Hall–Kier alpha value is -2.78. The highest BCUT2D eigenvalue weighted by Crippen LogP contribution is 2.33. The van der Waals surface area contributed by atoms with E-state index in [1.165, 1.54) is 17.0 Å². The van der Waals surface area contributed by atoms with Crippen LogP contribution in [0.2, 0.25) is 0 Å². The maximum atomic E-state index is 13.6. The highest BCUT2D eigenvalue weighted by molar-refractivity contribution is 5.81. The number of carbonyl (C=O) groups is 1. The van der Waals surface area contributed by atoms with Crippen molar-refractivity contribution in [3.8, 4) is 5.75 Å². The Balaban J connectivity index is 1.76. The van der Waals surface area contributed by atoms with Gasteiger partial charge in [-0.3, -0.25) is 9.69 Å². The van der Waals surface area contributed by atoms with Gasteiger partial charge in [-0.05, 0) is 45.0 Å². The minimum Gasteiger partial charge on any atom is -0.490 e. The molecule has 0 fully saturated rings.